The van der Waals surface area contributed by atoms with Crippen molar-refractivity contribution in [2.24, 2.45) is 0 Å². The van der Waals surface area contributed by atoms with Crippen LogP contribution in [-0.2, 0) is 20.8 Å². The van der Waals surface area contributed by atoms with Crippen molar-refractivity contribution in [2.45, 2.75) is 18.8 Å². The molecule has 8 nitrogen and oxygen atoms in total. The maximum absolute atomic E-state index is 11.4. The van der Waals surface area contributed by atoms with Gasteiger partial charge in [0.05, 0.1) is 6.61 Å². The number of methoxy groups -OCH3 is 2. The molecule has 0 amide bonds. The van der Waals surface area contributed by atoms with Gasteiger partial charge in [0.1, 0.15) is 19.0 Å². The first-order chi connectivity index (χ1) is 17.2. The summed E-state index contributed by atoms with van der Waals surface area (Å²) in [4.78, 5) is 11.4. The highest BCUT2D eigenvalue weighted by Gasteiger charge is 2.37. The summed E-state index contributed by atoms with van der Waals surface area (Å²) in [5.41, 5.74) is 2.32. The number of hydrogen-bond acceptors (Lipinski definition) is 8. The SMILES string of the molecule is COCOc1ccc([C@H](Oc2cc(C=O)ccc2OCc2ccccc2)[C@H]2CO2)cc1OCOC. The van der Waals surface area contributed by atoms with Crippen LogP contribution in [0.1, 0.15) is 27.6 Å². The molecule has 1 fully saturated rings. The molecule has 184 valence electrons. The number of carbonyl (C=O) groups excluding carboxylic acids is 1. The molecule has 1 aliphatic heterocycles. The fourth-order valence-electron chi connectivity index (χ4n) is 3.45. The van der Waals surface area contributed by atoms with Crippen LogP contribution < -0.4 is 18.9 Å². The molecule has 35 heavy (non-hydrogen) atoms. The Bertz CT molecular complexity index is 1100. The standard InChI is InChI=1S/C27H28O8/c1-29-17-33-22-11-9-21(13-24(22)34-18-30-2)27(26-16-32-26)35-25-12-20(14-28)8-10-23(25)31-15-19-6-4-3-5-7-19/h3-14,26-27H,15-18H2,1-2H3/t26-,27+/m1/s1. The lowest BCUT2D eigenvalue weighted by Gasteiger charge is -2.22. The molecule has 0 spiro atoms. The van der Waals surface area contributed by atoms with Gasteiger partial charge in [0.25, 0.3) is 0 Å². The van der Waals surface area contributed by atoms with E-state index < -0.39 is 6.10 Å². The molecule has 3 aromatic carbocycles. The molecule has 1 aliphatic rings. The van der Waals surface area contributed by atoms with E-state index in [1.807, 2.05) is 42.5 Å². The number of benzene rings is 3. The monoisotopic (exact) mass is 480 g/mol. The van der Waals surface area contributed by atoms with E-state index in [0.29, 0.717) is 41.8 Å². The van der Waals surface area contributed by atoms with Crippen molar-refractivity contribution in [3.05, 3.63) is 83.4 Å². The largest absolute Gasteiger partial charge is 0.485 e. The molecule has 1 saturated heterocycles. The number of rotatable bonds is 14. The van der Waals surface area contributed by atoms with Crippen molar-refractivity contribution in [2.75, 3.05) is 34.4 Å². The predicted molar refractivity (Wildman–Crippen MR) is 127 cm³/mol. The van der Waals surface area contributed by atoms with Crippen molar-refractivity contribution in [1.29, 1.82) is 0 Å². The summed E-state index contributed by atoms with van der Waals surface area (Å²) in [5, 5.41) is 0. The first-order valence-electron chi connectivity index (χ1n) is 11.1. The van der Waals surface area contributed by atoms with E-state index in [4.69, 9.17) is 33.2 Å². The lowest BCUT2D eigenvalue weighted by molar-refractivity contribution is 0.0320. The summed E-state index contributed by atoms with van der Waals surface area (Å²) >= 11 is 0. The summed E-state index contributed by atoms with van der Waals surface area (Å²) in [5.74, 6) is 1.97. The van der Waals surface area contributed by atoms with Crippen LogP contribution in [0.5, 0.6) is 23.0 Å². The van der Waals surface area contributed by atoms with Gasteiger partial charge >= 0.3 is 0 Å². The van der Waals surface area contributed by atoms with E-state index in [0.717, 1.165) is 17.4 Å². The van der Waals surface area contributed by atoms with E-state index in [2.05, 4.69) is 0 Å². The Labute approximate surface area is 204 Å². The van der Waals surface area contributed by atoms with E-state index in [9.17, 15) is 4.79 Å². The zero-order valence-electron chi connectivity index (χ0n) is 19.7. The Balaban J connectivity index is 1.60. The molecule has 0 aromatic heterocycles. The van der Waals surface area contributed by atoms with Crippen LogP contribution >= 0.6 is 0 Å². The minimum atomic E-state index is -0.461. The maximum atomic E-state index is 11.4. The van der Waals surface area contributed by atoms with Gasteiger partial charge in [-0.2, -0.15) is 0 Å². The topological polar surface area (TPSA) is 85.0 Å². The number of hydrogen-bond donors (Lipinski definition) is 0. The van der Waals surface area contributed by atoms with Gasteiger partial charge in [-0.05, 0) is 41.5 Å². The molecule has 3 aromatic rings. The van der Waals surface area contributed by atoms with Gasteiger partial charge in [-0.25, -0.2) is 0 Å². The van der Waals surface area contributed by atoms with Crippen molar-refractivity contribution in [3.63, 3.8) is 0 Å². The predicted octanol–water partition coefficient (Wildman–Crippen LogP) is 4.56. The summed E-state index contributed by atoms with van der Waals surface area (Å²) in [6, 6.07) is 20.4. The lowest BCUT2D eigenvalue weighted by atomic mass is 10.1. The quantitative estimate of drug-likeness (QED) is 0.189. The van der Waals surface area contributed by atoms with Crippen molar-refractivity contribution in [3.8, 4) is 23.0 Å². The smallest absolute Gasteiger partial charge is 0.188 e. The van der Waals surface area contributed by atoms with Crippen LogP contribution in [0.4, 0.5) is 0 Å². The Morgan fingerprint density at radius 1 is 0.857 bits per heavy atom. The van der Waals surface area contributed by atoms with Crippen LogP contribution in [-0.4, -0.2) is 46.8 Å². The van der Waals surface area contributed by atoms with Gasteiger partial charge in [-0.1, -0.05) is 36.4 Å². The van der Waals surface area contributed by atoms with Gasteiger partial charge in [0, 0.05) is 19.8 Å². The van der Waals surface area contributed by atoms with Crippen molar-refractivity contribution < 1.29 is 38.0 Å². The van der Waals surface area contributed by atoms with E-state index in [1.165, 1.54) is 0 Å². The highest BCUT2D eigenvalue weighted by Crippen LogP contribution is 2.40. The first kappa shape index (κ1) is 24.5. The van der Waals surface area contributed by atoms with Crippen LogP contribution in [0.25, 0.3) is 0 Å². The molecule has 4 rings (SSSR count). The Morgan fingerprint density at radius 3 is 2.23 bits per heavy atom. The molecule has 0 saturated carbocycles. The minimum absolute atomic E-state index is 0.0527. The maximum Gasteiger partial charge on any atom is 0.188 e. The third-order valence-electron chi connectivity index (χ3n) is 5.25. The van der Waals surface area contributed by atoms with Crippen LogP contribution in [0.3, 0.4) is 0 Å². The normalized spacial score (nSPS) is 15.2. The van der Waals surface area contributed by atoms with Crippen LogP contribution in [0, 0.1) is 0 Å². The highest BCUT2D eigenvalue weighted by molar-refractivity contribution is 5.76. The van der Waals surface area contributed by atoms with Crippen LogP contribution in [0.2, 0.25) is 0 Å². The molecule has 0 unspecified atom stereocenters. The number of aldehydes is 1. The third-order valence-corrected chi connectivity index (χ3v) is 5.25. The Hall–Kier alpha value is -3.59. The molecule has 0 radical (unpaired) electrons. The van der Waals surface area contributed by atoms with Gasteiger partial charge in [0.15, 0.2) is 42.7 Å². The second-order valence-corrected chi connectivity index (χ2v) is 7.82. The lowest BCUT2D eigenvalue weighted by Crippen LogP contribution is -2.15. The number of epoxide rings is 1. The molecular weight excluding hydrogens is 452 g/mol. The van der Waals surface area contributed by atoms with E-state index in [-0.39, 0.29) is 19.7 Å². The van der Waals surface area contributed by atoms with Gasteiger partial charge in [-0.15, -0.1) is 0 Å². The summed E-state index contributed by atoms with van der Waals surface area (Å²) < 4.78 is 39.4. The second-order valence-electron chi connectivity index (χ2n) is 7.82. The summed E-state index contributed by atoms with van der Waals surface area (Å²) in [6.07, 6.45) is 0.157. The second kappa shape index (κ2) is 12.2. The molecule has 0 aliphatic carbocycles. The van der Waals surface area contributed by atoms with Gasteiger partial charge in [0.2, 0.25) is 0 Å². The summed E-state index contributed by atoms with van der Waals surface area (Å²) in [6.45, 7) is 1.04. The average molecular weight is 481 g/mol. The fourth-order valence-corrected chi connectivity index (χ4v) is 3.45. The number of ether oxygens (including phenoxy) is 7. The van der Waals surface area contributed by atoms with E-state index >= 15 is 0 Å². The van der Waals surface area contributed by atoms with Gasteiger partial charge < -0.3 is 33.2 Å². The fraction of sp³-hybridized carbons (Fsp3) is 0.296. The minimum Gasteiger partial charge on any atom is -0.485 e. The molecule has 0 bridgehead atoms. The molecule has 8 heteroatoms. The van der Waals surface area contributed by atoms with Gasteiger partial charge in [-0.3, -0.25) is 4.79 Å². The third kappa shape index (κ3) is 6.73. The van der Waals surface area contributed by atoms with Crippen molar-refractivity contribution >= 4 is 6.29 Å². The first-order valence-corrected chi connectivity index (χ1v) is 11.1. The molecule has 2 atom stereocenters. The zero-order valence-corrected chi connectivity index (χ0v) is 19.7. The Morgan fingerprint density at radius 2 is 1.54 bits per heavy atom. The van der Waals surface area contributed by atoms with E-state index in [1.54, 1.807) is 38.5 Å². The number of carbonyl (C=O) groups is 1. The average Bonchev–Trinajstić information content (AvgIpc) is 3.74. The molecule has 1 heterocycles. The molecular formula is C27H28O8. The summed E-state index contributed by atoms with van der Waals surface area (Å²) in [7, 11) is 3.09. The Kier molecular flexibility index (Phi) is 8.56. The van der Waals surface area contributed by atoms with Crippen LogP contribution in [0.15, 0.2) is 66.7 Å². The van der Waals surface area contributed by atoms with Crippen molar-refractivity contribution in [1.82, 2.24) is 0 Å². The zero-order chi connectivity index (χ0) is 24.5. The highest BCUT2D eigenvalue weighted by atomic mass is 16.7. The molecule has 0 N–H and O–H groups in total.